The number of piperazine rings is 1. The first-order valence-corrected chi connectivity index (χ1v) is 5.25. The van der Waals surface area contributed by atoms with Gasteiger partial charge in [0, 0.05) is 12.1 Å². The van der Waals surface area contributed by atoms with Gasteiger partial charge >= 0.3 is 0 Å². The first kappa shape index (κ1) is 10.9. The van der Waals surface area contributed by atoms with Crippen molar-refractivity contribution >= 4 is 17.4 Å². The van der Waals surface area contributed by atoms with Gasteiger partial charge in [-0.1, -0.05) is 0 Å². The Bertz CT molecular complexity index is 399. The van der Waals surface area contributed by atoms with Crippen LogP contribution in [0.1, 0.15) is 13.8 Å². The number of hydrogen-bond donors (Lipinski definition) is 2. The fraction of sp³-hybridized carbons (Fsp3) is 0.455. The molecule has 1 fully saturated rings. The summed E-state index contributed by atoms with van der Waals surface area (Å²) in [4.78, 5) is 17.5. The Balaban J connectivity index is 2.25. The smallest absolute Gasteiger partial charge is 0.241 e. The summed E-state index contributed by atoms with van der Waals surface area (Å²) in [6.07, 6.45) is 1.63. The minimum Gasteiger partial charge on any atom is -0.384 e. The number of carbonyl (C=O) groups excluding carboxylic acids is 1. The average molecular weight is 220 g/mol. The molecule has 2 heterocycles. The lowest BCUT2D eigenvalue weighted by Gasteiger charge is -2.38. The molecule has 0 radical (unpaired) electrons. The molecule has 1 aromatic rings. The molecule has 5 nitrogen and oxygen atoms in total. The molecule has 1 amide bonds. The monoisotopic (exact) mass is 220 g/mol. The zero-order valence-corrected chi connectivity index (χ0v) is 9.53. The molecule has 0 unspecified atom stereocenters. The van der Waals surface area contributed by atoms with Gasteiger partial charge in [0.15, 0.2) is 0 Å². The molecule has 0 atom stereocenters. The Labute approximate surface area is 94.6 Å². The average Bonchev–Trinajstić information content (AvgIpc) is 2.23. The summed E-state index contributed by atoms with van der Waals surface area (Å²) < 4.78 is 0. The second kappa shape index (κ2) is 3.75. The molecule has 0 aliphatic carbocycles. The van der Waals surface area contributed by atoms with E-state index in [0.29, 0.717) is 18.9 Å². The number of nitrogens with zero attached hydrogens (tertiary/aromatic N) is 2. The predicted octanol–water partition coefficient (Wildman–Crippen LogP) is 0.379. The van der Waals surface area contributed by atoms with Crippen LogP contribution < -0.4 is 16.0 Å². The van der Waals surface area contributed by atoms with E-state index in [4.69, 9.17) is 5.73 Å². The van der Waals surface area contributed by atoms with Gasteiger partial charge in [0.25, 0.3) is 0 Å². The highest BCUT2D eigenvalue weighted by Gasteiger charge is 2.31. The van der Waals surface area contributed by atoms with Crippen LogP contribution in [-0.4, -0.2) is 29.5 Å². The van der Waals surface area contributed by atoms with Gasteiger partial charge in [-0.25, -0.2) is 4.98 Å². The zero-order valence-electron chi connectivity index (χ0n) is 9.53. The van der Waals surface area contributed by atoms with E-state index in [1.54, 1.807) is 17.2 Å². The van der Waals surface area contributed by atoms with E-state index in [9.17, 15) is 4.79 Å². The van der Waals surface area contributed by atoms with Crippen LogP contribution in [0.15, 0.2) is 18.3 Å². The van der Waals surface area contributed by atoms with Gasteiger partial charge in [-0.15, -0.1) is 0 Å². The van der Waals surface area contributed by atoms with Crippen molar-refractivity contribution in [3.63, 3.8) is 0 Å². The van der Waals surface area contributed by atoms with Gasteiger partial charge in [-0.05, 0) is 26.0 Å². The Morgan fingerprint density at radius 2 is 2.25 bits per heavy atom. The predicted molar refractivity (Wildman–Crippen MR) is 63.1 cm³/mol. The van der Waals surface area contributed by atoms with E-state index in [1.165, 1.54) is 0 Å². The first-order chi connectivity index (χ1) is 7.48. The maximum atomic E-state index is 11.8. The molecule has 2 rings (SSSR count). The Morgan fingerprint density at radius 1 is 1.50 bits per heavy atom. The molecule has 1 aliphatic heterocycles. The molecule has 1 saturated heterocycles. The summed E-state index contributed by atoms with van der Waals surface area (Å²) in [5.74, 6) is 0.525. The van der Waals surface area contributed by atoms with Gasteiger partial charge in [0.05, 0.1) is 18.4 Å². The number of rotatable bonds is 1. The van der Waals surface area contributed by atoms with Gasteiger partial charge in [-0.3, -0.25) is 4.79 Å². The van der Waals surface area contributed by atoms with Crippen molar-refractivity contribution in [1.29, 1.82) is 0 Å². The van der Waals surface area contributed by atoms with E-state index in [2.05, 4.69) is 24.1 Å². The fourth-order valence-corrected chi connectivity index (χ4v) is 1.74. The third kappa shape index (κ3) is 2.14. The van der Waals surface area contributed by atoms with Crippen LogP contribution in [0.3, 0.4) is 0 Å². The minimum atomic E-state index is -0.0741. The van der Waals surface area contributed by atoms with Crippen LogP contribution in [0.5, 0.6) is 0 Å². The molecule has 16 heavy (non-hydrogen) atoms. The summed E-state index contributed by atoms with van der Waals surface area (Å²) in [7, 11) is 0. The van der Waals surface area contributed by atoms with E-state index in [-0.39, 0.29) is 11.4 Å². The van der Waals surface area contributed by atoms with Crippen molar-refractivity contribution in [2.24, 2.45) is 0 Å². The number of anilines is 2. The van der Waals surface area contributed by atoms with Gasteiger partial charge < -0.3 is 16.0 Å². The van der Waals surface area contributed by atoms with Crippen molar-refractivity contribution in [2.45, 2.75) is 19.4 Å². The number of hydrogen-bond acceptors (Lipinski definition) is 4. The van der Waals surface area contributed by atoms with Crippen LogP contribution in [0.25, 0.3) is 0 Å². The lowest BCUT2D eigenvalue weighted by Crippen LogP contribution is -2.60. The van der Waals surface area contributed by atoms with E-state index in [1.807, 2.05) is 6.07 Å². The van der Waals surface area contributed by atoms with Crippen molar-refractivity contribution in [1.82, 2.24) is 10.3 Å². The van der Waals surface area contributed by atoms with E-state index >= 15 is 0 Å². The van der Waals surface area contributed by atoms with Gasteiger partial charge in [0.2, 0.25) is 5.91 Å². The largest absolute Gasteiger partial charge is 0.384 e. The van der Waals surface area contributed by atoms with Crippen LogP contribution in [0.4, 0.5) is 11.5 Å². The number of carbonyl (C=O) groups is 1. The normalized spacial score (nSPS) is 19.9. The molecular formula is C11H16N4O. The Hall–Kier alpha value is -1.62. The summed E-state index contributed by atoms with van der Waals surface area (Å²) in [6.45, 7) is 5.13. The summed E-state index contributed by atoms with van der Waals surface area (Å²) in [5, 5.41) is 3.18. The molecule has 5 heteroatoms. The van der Waals surface area contributed by atoms with Crippen molar-refractivity contribution < 1.29 is 4.79 Å². The highest BCUT2D eigenvalue weighted by molar-refractivity contribution is 5.95. The van der Waals surface area contributed by atoms with Crippen LogP contribution in [0, 0.1) is 0 Å². The molecule has 3 N–H and O–H groups in total. The third-order valence-electron chi connectivity index (χ3n) is 2.66. The summed E-state index contributed by atoms with van der Waals surface area (Å²) in [6, 6.07) is 3.53. The highest BCUT2D eigenvalue weighted by atomic mass is 16.2. The van der Waals surface area contributed by atoms with Crippen LogP contribution >= 0.6 is 0 Å². The maximum absolute atomic E-state index is 11.8. The molecule has 1 aromatic heterocycles. The van der Waals surface area contributed by atoms with Crippen molar-refractivity contribution in [3.8, 4) is 0 Å². The van der Waals surface area contributed by atoms with Crippen LogP contribution in [-0.2, 0) is 4.79 Å². The maximum Gasteiger partial charge on any atom is 0.241 e. The molecule has 0 aromatic carbocycles. The quantitative estimate of drug-likeness (QED) is 0.717. The molecule has 1 aliphatic rings. The Morgan fingerprint density at radius 3 is 2.88 bits per heavy atom. The molecule has 0 bridgehead atoms. The van der Waals surface area contributed by atoms with Crippen molar-refractivity contribution in [2.75, 3.05) is 23.7 Å². The van der Waals surface area contributed by atoms with Crippen molar-refractivity contribution in [3.05, 3.63) is 18.3 Å². The fourth-order valence-electron chi connectivity index (χ4n) is 1.74. The number of nitrogen functional groups attached to an aromatic ring is 1. The first-order valence-electron chi connectivity index (χ1n) is 5.25. The number of pyridine rings is 1. The van der Waals surface area contributed by atoms with Gasteiger partial charge in [0.1, 0.15) is 5.82 Å². The number of nitrogens with two attached hydrogens (primary N) is 1. The topological polar surface area (TPSA) is 71.2 Å². The minimum absolute atomic E-state index is 0.0610. The number of nitrogens with one attached hydrogen (secondary N) is 1. The summed E-state index contributed by atoms with van der Waals surface area (Å²) >= 11 is 0. The summed E-state index contributed by atoms with van der Waals surface area (Å²) in [5.41, 5.74) is 6.24. The van der Waals surface area contributed by atoms with Crippen LogP contribution in [0.2, 0.25) is 0 Å². The third-order valence-corrected chi connectivity index (χ3v) is 2.66. The number of aromatic nitrogens is 1. The zero-order chi connectivity index (χ0) is 11.8. The molecule has 86 valence electrons. The Kier molecular flexibility index (Phi) is 2.55. The second-order valence-corrected chi connectivity index (χ2v) is 4.66. The molecule has 0 saturated carbocycles. The SMILES string of the molecule is CC1(C)CN(c2ccc(N)nc2)C(=O)CN1. The highest BCUT2D eigenvalue weighted by Crippen LogP contribution is 2.20. The lowest BCUT2D eigenvalue weighted by molar-refractivity contribution is -0.119. The lowest BCUT2D eigenvalue weighted by atomic mass is 10.0. The molecule has 0 spiro atoms. The number of amides is 1. The van der Waals surface area contributed by atoms with E-state index in [0.717, 1.165) is 5.69 Å². The van der Waals surface area contributed by atoms with E-state index < -0.39 is 0 Å². The standard InChI is InChI=1S/C11H16N4O/c1-11(2)7-15(10(16)6-14-11)8-3-4-9(12)13-5-8/h3-5,14H,6-7H2,1-2H3,(H2,12,13). The second-order valence-electron chi connectivity index (χ2n) is 4.66. The van der Waals surface area contributed by atoms with Gasteiger partial charge in [-0.2, -0.15) is 0 Å². The molecular weight excluding hydrogens is 204 g/mol.